The predicted molar refractivity (Wildman–Crippen MR) is 87.1 cm³/mol. The number of carbonyl (C=O) groups excluding carboxylic acids is 1. The third-order valence-corrected chi connectivity index (χ3v) is 3.41. The first-order valence-electron chi connectivity index (χ1n) is 7.31. The van der Waals surface area contributed by atoms with Crippen molar-refractivity contribution < 1.29 is 9.53 Å². The van der Waals surface area contributed by atoms with Gasteiger partial charge in [-0.15, -0.1) is 0 Å². The maximum absolute atomic E-state index is 11.8. The number of hydrogen-bond donors (Lipinski definition) is 2. The molecule has 5 nitrogen and oxygen atoms in total. The molecule has 5 heteroatoms. The summed E-state index contributed by atoms with van der Waals surface area (Å²) in [5.74, 6) is 1.03. The average molecular weight is 299 g/mol. The molecule has 0 spiro atoms. The number of hydrogen-bond acceptors (Lipinski definition) is 4. The van der Waals surface area contributed by atoms with Crippen LogP contribution in [0.1, 0.15) is 24.0 Å². The fraction of sp³-hybridized carbons (Fsp3) is 0.294. The van der Waals surface area contributed by atoms with Crippen molar-refractivity contribution in [2.45, 2.75) is 26.7 Å². The molecular weight excluding hydrogens is 278 g/mol. The van der Waals surface area contributed by atoms with Gasteiger partial charge in [-0.25, -0.2) is 4.98 Å². The SMILES string of the molecule is Cc1cccc(Oc2ncccc2NC(=O)CCCN)c1C. The average Bonchev–Trinajstić information content (AvgIpc) is 2.51. The number of pyridine rings is 1. The zero-order valence-electron chi connectivity index (χ0n) is 12.9. The highest BCUT2D eigenvalue weighted by molar-refractivity contribution is 5.91. The number of amides is 1. The molecule has 1 aromatic heterocycles. The van der Waals surface area contributed by atoms with Gasteiger partial charge in [-0.05, 0) is 56.1 Å². The smallest absolute Gasteiger partial charge is 0.243 e. The molecule has 0 radical (unpaired) electrons. The van der Waals surface area contributed by atoms with E-state index < -0.39 is 0 Å². The summed E-state index contributed by atoms with van der Waals surface area (Å²) < 4.78 is 5.88. The maximum Gasteiger partial charge on any atom is 0.243 e. The van der Waals surface area contributed by atoms with Crippen LogP contribution in [0, 0.1) is 13.8 Å². The van der Waals surface area contributed by atoms with Gasteiger partial charge in [0.05, 0.1) is 0 Å². The van der Waals surface area contributed by atoms with Crippen molar-refractivity contribution >= 4 is 11.6 Å². The van der Waals surface area contributed by atoms with E-state index in [1.54, 1.807) is 18.3 Å². The number of carbonyl (C=O) groups is 1. The molecule has 0 aliphatic carbocycles. The Hall–Kier alpha value is -2.40. The lowest BCUT2D eigenvalue weighted by atomic mass is 10.1. The first-order valence-corrected chi connectivity index (χ1v) is 7.31. The molecule has 0 bridgehead atoms. The fourth-order valence-corrected chi connectivity index (χ4v) is 1.98. The first kappa shape index (κ1) is 16.0. The molecule has 2 rings (SSSR count). The molecule has 2 aromatic rings. The second-order valence-corrected chi connectivity index (χ2v) is 5.10. The molecule has 0 fully saturated rings. The summed E-state index contributed by atoms with van der Waals surface area (Å²) in [5.41, 5.74) is 8.17. The van der Waals surface area contributed by atoms with Gasteiger partial charge in [0.25, 0.3) is 0 Å². The van der Waals surface area contributed by atoms with Crippen LogP contribution in [-0.2, 0) is 4.79 Å². The minimum atomic E-state index is -0.0933. The standard InChI is InChI=1S/C17H21N3O2/c1-12-6-3-8-15(13(12)2)22-17-14(7-5-11-19-17)20-16(21)9-4-10-18/h3,5-8,11H,4,9-10,18H2,1-2H3,(H,20,21). The molecule has 1 amide bonds. The Labute approximate surface area is 130 Å². The minimum Gasteiger partial charge on any atom is -0.437 e. The van der Waals surface area contributed by atoms with E-state index in [0.717, 1.165) is 16.9 Å². The number of nitrogens with zero attached hydrogens (tertiary/aromatic N) is 1. The Bertz CT molecular complexity index is 656. The van der Waals surface area contributed by atoms with E-state index in [2.05, 4.69) is 10.3 Å². The van der Waals surface area contributed by atoms with E-state index >= 15 is 0 Å². The van der Waals surface area contributed by atoms with Crippen molar-refractivity contribution in [3.8, 4) is 11.6 Å². The maximum atomic E-state index is 11.8. The lowest BCUT2D eigenvalue weighted by molar-refractivity contribution is -0.116. The van der Waals surface area contributed by atoms with Gasteiger partial charge < -0.3 is 15.8 Å². The van der Waals surface area contributed by atoms with Crippen LogP contribution in [0.25, 0.3) is 0 Å². The molecule has 3 N–H and O–H groups in total. The van der Waals surface area contributed by atoms with Gasteiger partial charge in [0.1, 0.15) is 11.4 Å². The van der Waals surface area contributed by atoms with E-state index in [4.69, 9.17) is 10.5 Å². The molecule has 0 saturated heterocycles. The van der Waals surface area contributed by atoms with Crippen molar-refractivity contribution in [3.05, 3.63) is 47.7 Å². The van der Waals surface area contributed by atoms with Crippen molar-refractivity contribution in [2.75, 3.05) is 11.9 Å². The van der Waals surface area contributed by atoms with E-state index in [0.29, 0.717) is 31.0 Å². The Morgan fingerprint density at radius 2 is 2.09 bits per heavy atom. The molecule has 0 saturated carbocycles. The molecule has 0 atom stereocenters. The summed E-state index contributed by atoms with van der Waals surface area (Å²) in [6, 6.07) is 9.37. The summed E-state index contributed by atoms with van der Waals surface area (Å²) >= 11 is 0. The number of ether oxygens (including phenoxy) is 1. The Morgan fingerprint density at radius 3 is 2.86 bits per heavy atom. The number of nitrogens with two attached hydrogens (primary N) is 1. The number of anilines is 1. The summed E-state index contributed by atoms with van der Waals surface area (Å²) in [6.07, 6.45) is 2.67. The molecular formula is C17H21N3O2. The Balaban J connectivity index is 2.18. The number of aromatic nitrogens is 1. The predicted octanol–water partition coefficient (Wildman–Crippen LogP) is 3.17. The lowest BCUT2D eigenvalue weighted by Gasteiger charge is -2.13. The minimum absolute atomic E-state index is 0.0933. The molecule has 22 heavy (non-hydrogen) atoms. The zero-order valence-corrected chi connectivity index (χ0v) is 12.9. The van der Waals surface area contributed by atoms with E-state index in [9.17, 15) is 4.79 Å². The van der Waals surface area contributed by atoms with Crippen molar-refractivity contribution in [1.82, 2.24) is 4.98 Å². The second kappa shape index (κ2) is 7.56. The molecule has 1 heterocycles. The summed E-state index contributed by atoms with van der Waals surface area (Å²) in [6.45, 7) is 4.51. The van der Waals surface area contributed by atoms with Crippen molar-refractivity contribution in [3.63, 3.8) is 0 Å². The van der Waals surface area contributed by atoms with E-state index in [-0.39, 0.29) is 5.91 Å². The molecule has 0 unspecified atom stereocenters. The first-order chi connectivity index (χ1) is 10.6. The highest BCUT2D eigenvalue weighted by Crippen LogP contribution is 2.30. The van der Waals surface area contributed by atoms with E-state index in [1.807, 2.05) is 32.0 Å². The third kappa shape index (κ3) is 4.05. The summed E-state index contributed by atoms with van der Waals surface area (Å²) in [4.78, 5) is 16.1. The normalized spacial score (nSPS) is 10.3. The van der Waals surface area contributed by atoms with Crippen LogP contribution in [0.4, 0.5) is 5.69 Å². The van der Waals surface area contributed by atoms with Gasteiger partial charge >= 0.3 is 0 Å². The van der Waals surface area contributed by atoms with Crippen LogP contribution in [0.5, 0.6) is 11.6 Å². The van der Waals surface area contributed by atoms with E-state index in [1.165, 1.54) is 0 Å². The quantitative estimate of drug-likeness (QED) is 0.859. The van der Waals surface area contributed by atoms with Crippen molar-refractivity contribution in [1.29, 1.82) is 0 Å². The third-order valence-electron chi connectivity index (χ3n) is 3.41. The fourth-order valence-electron chi connectivity index (χ4n) is 1.98. The Morgan fingerprint density at radius 1 is 1.27 bits per heavy atom. The number of benzene rings is 1. The van der Waals surface area contributed by atoms with Gasteiger partial charge in [-0.2, -0.15) is 0 Å². The Kier molecular flexibility index (Phi) is 5.49. The van der Waals surface area contributed by atoms with Gasteiger partial charge in [-0.1, -0.05) is 12.1 Å². The van der Waals surface area contributed by atoms with Gasteiger partial charge in [0.2, 0.25) is 11.8 Å². The monoisotopic (exact) mass is 299 g/mol. The van der Waals surface area contributed by atoms with Crippen LogP contribution >= 0.6 is 0 Å². The number of aryl methyl sites for hydroxylation is 1. The molecule has 116 valence electrons. The highest BCUT2D eigenvalue weighted by atomic mass is 16.5. The van der Waals surface area contributed by atoms with Gasteiger partial charge in [0.15, 0.2) is 0 Å². The van der Waals surface area contributed by atoms with Crippen LogP contribution in [0.3, 0.4) is 0 Å². The summed E-state index contributed by atoms with van der Waals surface area (Å²) in [5, 5.41) is 2.82. The van der Waals surface area contributed by atoms with Crippen molar-refractivity contribution in [2.24, 2.45) is 5.73 Å². The molecule has 0 aliphatic heterocycles. The topological polar surface area (TPSA) is 77.2 Å². The molecule has 0 aliphatic rings. The lowest BCUT2D eigenvalue weighted by Crippen LogP contribution is -2.14. The summed E-state index contributed by atoms with van der Waals surface area (Å²) in [7, 11) is 0. The second-order valence-electron chi connectivity index (χ2n) is 5.10. The number of nitrogens with one attached hydrogen (secondary N) is 1. The molecule has 1 aromatic carbocycles. The van der Waals surface area contributed by atoms with Crippen LogP contribution in [0.15, 0.2) is 36.5 Å². The van der Waals surface area contributed by atoms with Gasteiger partial charge in [-0.3, -0.25) is 4.79 Å². The zero-order chi connectivity index (χ0) is 15.9. The van der Waals surface area contributed by atoms with Crippen LogP contribution < -0.4 is 15.8 Å². The van der Waals surface area contributed by atoms with Gasteiger partial charge in [0, 0.05) is 12.6 Å². The van der Waals surface area contributed by atoms with Crippen LogP contribution in [-0.4, -0.2) is 17.4 Å². The highest BCUT2D eigenvalue weighted by Gasteiger charge is 2.11. The van der Waals surface area contributed by atoms with Crippen LogP contribution in [0.2, 0.25) is 0 Å². The largest absolute Gasteiger partial charge is 0.437 e. The number of rotatable bonds is 6.